The van der Waals surface area contributed by atoms with Crippen molar-refractivity contribution in [3.63, 3.8) is 0 Å². The lowest BCUT2D eigenvalue weighted by molar-refractivity contribution is -0.385. The third-order valence-electron chi connectivity index (χ3n) is 3.28. The molecule has 1 aromatic carbocycles. The van der Waals surface area contributed by atoms with Crippen LogP contribution in [0.25, 0.3) is 0 Å². The predicted octanol–water partition coefficient (Wildman–Crippen LogP) is 2.58. The van der Waals surface area contributed by atoms with Crippen LogP contribution >= 0.6 is 0 Å². The molecule has 112 valence electrons. The molecule has 1 aromatic rings. The highest BCUT2D eigenvalue weighted by Crippen LogP contribution is 2.21. The van der Waals surface area contributed by atoms with Crippen molar-refractivity contribution in [1.82, 2.24) is 10.2 Å². The van der Waals surface area contributed by atoms with E-state index < -0.39 is 0 Å². The van der Waals surface area contributed by atoms with Gasteiger partial charge in [0, 0.05) is 31.3 Å². The molecule has 0 aromatic heterocycles. The maximum absolute atomic E-state index is 10.9. The van der Waals surface area contributed by atoms with Gasteiger partial charge in [0.2, 0.25) is 0 Å². The van der Waals surface area contributed by atoms with Crippen LogP contribution in [0.2, 0.25) is 0 Å². The molecule has 0 amide bonds. The second kappa shape index (κ2) is 6.81. The first-order valence-electron chi connectivity index (χ1n) is 6.81. The SMILES string of the molecule is Cc1c(CNCC(C)(C)CN(C)C)cccc1[N+](=O)[O-]. The molecule has 5 nitrogen and oxygen atoms in total. The molecular weight excluding hydrogens is 254 g/mol. The summed E-state index contributed by atoms with van der Waals surface area (Å²) in [5, 5.41) is 14.3. The van der Waals surface area contributed by atoms with Crippen molar-refractivity contribution in [2.24, 2.45) is 5.41 Å². The average Bonchev–Trinajstić information content (AvgIpc) is 2.29. The van der Waals surface area contributed by atoms with Crippen molar-refractivity contribution in [1.29, 1.82) is 0 Å². The van der Waals surface area contributed by atoms with E-state index in [1.165, 1.54) is 0 Å². The average molecular weight is 279 g/mol. The Kier molecular flexibility index (Phi) is 5.65. The Hall–Kier alpha value is -1.46. The van der Waals surface area contributed by atoms with Crippen LogP contribution in [-0.4, -0.2) is 37.0 Å². The first-order chi connectivity index (χ1) is 9.23. The summed E-state index contributed by atoms with van der Waals surface area (Å²) < 4.78 is 0. The van der Waals surface area contributed by atoms with Gasteiger partial charge in [-0.3, -0.25) is 10.1 Å². The van der Waals surface area contributed by atoms with Crippen LogP contribution in [0.5, 0.6) is 0 Å². The van der Waals surface area contributed by atoms with E-state index in [4.69, 9.17) is 0 Å². The number of hydrogen-bond acceptors (Lipinski definition) is 4. The highest BCUT2D eigenvalue weighted by molar-refractivity contribution is 5.44. The summed E-state index contributed by atoms with van der Waals surface area (Å²) in [6.45, 7) is 8.74. The van der Waals surface area contributed by atoms with Crippen molar-refractivity contribution in [3.05, 3.63) is 39.4 Å². The molecular formula is C15H25N3O2. The first kappa shape index (κ1) is 16.6. The summed E-state index contributed by atoms with van der Waals surface area (Å²) in [5.41, 5.74) is 2.09. The Morgan fingerprint density at radius 1 is 1.35 bits per heavy atom. The van der Waals surface area contributed by atoms with E-state index in [1.807, 2.05) is 6.07 Å². The van der Waals surface area contributed by atoms with Gasteiger partial charge >= 0.3 is 0 Å². The zero-order valence-electron chi connectivity index (χ0n) is 13.1. The fourth-order valence-corrected chi connectivity index (χ4v) is 2.51. The van der Waals surface area contributed by atoms with Gasteiger partial charge in [-0.05, 0) is 32.0 Å². The van der Waals surface area contributed by atoms with Gasteiger partial charge < -0.3 is 10.2 Å². The largest absolute Gasteiger partial charge is 0.312 e. The molecule has 1 rings (SSSR count). The Morgan fingerprint density at radius 3 is 2.55 bits per heavy atom. The number of nitro groups is 1. The number of nitrogens with one attached hydrogen (secondary N) is 1. The Bertz CT molecular complexity index is 470. The normalized spacial score (nSPS) is 11.9. The van der Waals surface area contributed by atoms with E-state index in [-0.39, 0.29) is 16.0 Å². The lowest BCUT2D eigenvalue weighted by atomic mass is 9.93. The maximum atomic E-state index is 10.9. The quantitative estimate of drug-likeness (QED) is 0.615. The third kappa shape index (κ3) is 4.90. The molecule has 1 N–H and O–H groups in total. The molecule has 0 aliphatic rings. The fourth-order valence-electron chi connectivity index (χ4n) is 2.51. The molecule has 0 heterocycles. The summed E-state index contributed by atoms with van der Waals surface area (Å²) in [5.74, 6) is 0. The number of hydrogen-bond donors (Lipinski definition) is 1. The molecule has 0 saturated heterocycles. The zero-order chi connectivity index (χ0) is 15.3. The molecule has 0 bridgehead atoms. The lowest BCUT2D eigenvalue weighted by Gasteiger charge is -2.28. The number of nitro benzene ring substituents is 1. The number of benzene rings is 1. The lowest BCUT2D eigenvalue weighted by Crippen LogP contribution is -2.37. The zero-order valence-corrected chi connectivity index (χ0v) is 13.1. The van der Waals surface area contributed by atoms with E-state index in [2.05, 4.69) is 38.2 Å². The molecule has 0 radical (unpaired) electrons. The van der Waals surface area contributed by atoms with Crippen molar-refractivity contribution < 1.29 is 4.92 Å². The number of nitrogens with zero attached hydrogens (tertiary/aromatic N) is 2. The standard InChI is InChI=1S/C15H25N3O2/c1-12-13(7-6-8-14(12)18(19)20)9-16-10-15(2,3)11-17(4)5/h6-8,16H,9-11H2,1-5H3. The molecule has 0 spiro atoms. The van der Waals surface area contributed by atoms with Gasteiger partial charge in [-0.2, -0.15) is 0 Å². The fraction of sp³-hybridized carbons (Fsp3) is 0.600. The van der Waals surface area contributed by atoms with Gasteiger partial charge in [-0.15, -0.1) is 0 Å². The van der Waals surface area contributed by atoms with Gasteiger partial charge in [0.15, 0.2) is 0 Å². The van der Waals surface area contributed by atoms with E-state index in [0.29, 0.717) is 6.54 Å². The van der Waals surface area contributed by atoms with Crippen LogP contribution in [-0.2, 0) is 6.54 Å². The molecule has 0 saturated carbocycles. The second-order valence-corrected chi connectivity index (χ2v) is 6.32. The summed E-state index contributed by atoms with van der Waals surface area (Å²) in [4.78, 5) is 12.8. The van der Waals surface area contributed by atoms with Crippen LogP contribution in [0.4, 0.5) is 5.69 Å². The molecule has 0 unspecified atom stereocenters. The van der Waals surface area contributed by atoms with Crippen LogP contribution in [0.15, 0.2) is 18.2 Å². The highest BCUT2D eigenvalue weighted by Gasteiger charge is 2.19. The minimum Gasteiger partial charge on any atom is -0.312 e. The minimum absolute atomic E-state index is 0.165. The molecule has 0 fully saturated rings. The Labute approximate surface area is 121 Å². The Morgan fingerprint density at radius 2 is 2.00 bits per heavy atom. The van der Waals surface area contributed by atoms with E-state index in [0.717, 1.165) is 24.2 Å². The monoisotopic (exact) mass is 279 g/mol. The Balaban J connectivity index is 2.63. The smallest absolute Gasteiger partial charge is 0.272 e. The second-order valence-electron chi connectivity index (χ2n) is 6.32. The van der Waals surface area contributed by atoms with Gasteiger partial charge in [-0.1, -0.05) is 26.0 Å². The van der Waals surface area contributed by atoms with Crippen molar-refractivity contribution >= 4 is 5.69 Å². The molecule has 0 aliphatic heterocycles. The third-order valence-corrected chi connectivity index (χ3v) is 3.28. The van der Waals surface area contributed by atoms with E-state index >= 15 is 0 Å². The van der Waals surface area contributed by atoms with E-state index in [1.54, 1.807) is 19.1 Å². The summed E-state index contributed by atoms with van der Waals surface area (Å²) in [7, 11) is 4.12. The van der Waals surface area contributed by atoms with Crippen LogP contribution in [0.1, 0.15) is 25.0 Å². The van der Waals surface area contributed by atoms with Crippen LogP contribution < -0.4 is 5.32 Å². The maximum Gasteiger partial charge on any atom is 0.272 e. The van der Waals surface area contributed by atoms with E-state index in [9.17, 15) is 10.1 Å². The molecule has 20 heavy (non-hydrogen) atoms. The number of rotatable bonds is 7. The van der Waals surface area contributed by atoms with Gasteiger partial charge in [0.05, 0.1) is 4.92 Å². The molecule has 0 atom stereocenters. The molecule has 0 aliphatic carbocycles. The summed E-state index contributed by atoms with van der Waals surface area (Å²) in [6.07, 6.45) is 0. The van der Waals surface area contributed by atoms with Crippen molar-refractivity contribution in [2.45, 2.75) is 27.3 Å². The van der Waals surface area contributed by atoms with Crippen molar-refractivity contribution in [3.8, 4) is 0 Å². The van der Waals surface area contributed by atoms with Gasteiger partial charge in [0.1, 0.15) is 0 Å². The molecule has 5 heteroatoms. The first-order valence-corrected chi connectivity index (χ1v) is 6.81. The summed E-state index contributed by atoms with van der Waals surface area (Å²) in [6, 6.07) is 5.23. The topological polar surface area (TPSA) is 58.4 Å². The predicted molar refractivity (Wildman–Crippen MR) is 81.9 cm³/mol. The van der Waals surface area contributed by atoms with Crippen LogP contribution in [0, 0.1) is 22.5 Å². The van der Waals surface area contributed by atoms with Crippen LogP contribution in [0.3, 0.4) is 0 Å². The van der Waals surface area contributed by atoms with Gasteiger partial charge in [0.25, 0.3) is 5.69 Å². The summed E-state index contributed by atoms with van der Waals surface area (Å²) >= 11 is 0. The minimum atomic E-state index is -0.325. The van der Waals surface area contributed by atoms with Gasteiger partial charge in [-0.25, -0.2) is 0 Å². The van der Waals surface area contributed by atoms with Crippen molar-refractivity contribution in [2.75, 3.05) is 27.2 Å². The highest BCUT2D eigenvalue weighted by atomic mass is 16.6.